The van der Waals surface area contributed by atoms with E-state index in [4.69, 9.17) is 5.26 Å². The van der Waals surface area contributed by atoms with Gasteiger partial charge in [0.2, 0.25) is 17.8 Å². The van der Waals surface area contributed by atoms with Gasteiger partial charge < -0.3 is 15.1 Å². The quantitative estimate of drug-likeness (QED) is 0.343. The van der Waals surface area contributed by atoms with E-state index in [0.717, 1.165) is 55.6 Å². The van der Waals surface area contributed by atoms with Gasteiger partial charge in [-0.15, -0.1) is 0 Å². The van der Waals surface area contributed by atoms with Crippen molar-refractivity contribution < 1.29 is 9.59 Å². The first kappa shape index (κ1) is 21.6. The zero-order valence-corrected chi connectivity index (χ0v) is 17.8. The van der Waals surface area contributed by atoms with E-state index >= 15 is 0 Å². The number of nitrogens with zero attached hydrogens (tertiary/aromatic N) is 4. The highest BCUT2D eigenvalue weighted by Crippen LogP contribution is 2.19. The zero-order chi connectivity index (χ0) is 21.5. The van der Waals surface area contributed by atoms with E-state index in [1.807, 2.05) is 43.1 Å². The average Bonchev–Trinajstić information content (AvgIpc) is 3.20. The lowest BCUT2D eigenvalue weighted by Crippen LogP contribution is -2.45. The number of carbonyl (C=O) groups excluding carboxylic acids is 2. The van der Waals surface area contributed by atoms with Gasteiger partial charge in [-0.25, -0.2) is 4.99 Å². The molecule has 2 N–H and O–H groups in total. The third kappa shape index (κ3) is 5.50. The Bertz CT molecular complexity index is 854. The summed E-state index contributed by atoms with van der Waals surface area (Å²) in [4.78, 5) is 33.6. The lowest BCUT2D eigenvalue weighted by atomic mass is 10.1. The molecule has 2 amide bonds. The minimum absolute atomic E-state index is 0.00857. The number of hydrogen-bond donors (Lipinski definition) is 2. The first-order chi connectivity index (χ1) is 14.5. The summed E-state index contributed by atoms with van der Waals surface area (Å²) in [7, 11) is 0. The second kappa shape index (κ2) is 10.1. The fraction of sp³-hybridized carbons (Fsp3) is 0.545. The molecule has 0 aliphatic carbocycles. The summed E-state index contributed by atoms with van der Waals surface area (Å²) < 4.78 is 0. The Balaban J connectivity index is 1.74. The molecule has 1 aromatic carbocycles. The summed E-state index contributed by atoms with van der Waals surface area (Å²) in [6.45, 7) is 6.21. The van der Waals surface area contributed by atoms with Crippen molar-refractivity contribution in [1.29, 1.82) is 5.26 Å². The van der Waals surface area contributed by atoms with Crippen molar-refractivity contribution in [2.45, 2.75) is 52.0 Å². The molecule has 8 nitrogen and oxygen atoms in total. The molecule has 0 aromatic heterocycles. The Morgan fingerprint density at radius 1 is 1.20 bits per heavy atom. The minimum atomic E-state index is -0.618. The number of benzene rings is 1. The number of anilines is 1. The van der Waals surface area contributed by atoms with Crippen LogP contribution in [0.1, 0.15) is 43.2 Å². The summed E-state index contributed by atoms with van der Waals surface area (Å²) >= 11 is 0. The molecular formula is C22H30N6O2. The molecule has 30 heavy (non-hydrogen) atoms. The van der Waals surface area contributed by atoms with Crippen molar-refractivity contribution in [3.05, 3.63) is 29.3 Å². The van der Waals surface area contributed by atoms with Crippen LogP contribution in [0.4, 0.5) is 5.69 Å². The van der Waals surface area contributed by atoms with Crippen molar-refractivity contribution in [3.63, 3.8) is 0 Å². The Labute approximate surface area is 177 Å². The molecule has 3 rings (SSSR count). The van der Waals surface area contributed by atoms with Gasteiger partial charge in [-0.3, -0.25) is 14.9 Å². The van der Waals surface area contributed by atoms with Crippen LogP contribution >= 0.6 is 0 Å². The van der Waals surface area contributed by atoms with Crippen molar-refractivity contribution in [3.8, 4) is 6.19 Å². The third-order valence-corrected chi connectivity index (χ3v) is 5.63. The van der Waals surface area contributed by atoms with Crippen LogP contribution in [0.15, 0.2) is 23.2 Å². The van der Waals surface area contributed by atoms with Crippen molar-refractivity contribution in [2.75, 3.05) is 31.5 Å². The molecule has 1 atom stereocenters. The number of likely N-dealkylation sites (tertiary alicyclic amines) is 2. The summed E-state index contributed by atoms with van der Waals surface area (Å²) in [6, 6.07) is 5.32. The molecule has 2 heterocycles. The van der Waals surface area contributed by atoms with Crippen LogP contribution in [0, 0.1) is 25.3 Å². The molecule has 1 unspecified atom stereocenters. The normalized spacial score (nSPS) is 20.0. The lowest BCUT2D eigenvalue weighted by molar-refractivity contribution is -0.140. The van der Waals surface area contributed by atoms with Gasteiger partial charge in [0.1, 0.15) is 6.04 Å². The van der Waals surface area contributed by atoms with Crippen molar-refractivity contribution in [2.24, 2.45) is 4.99 Å². The van der Waals surface area contributed by atoms with Gasteiger partial charge >= 0.3 is 0 Å². The van der Waals surface area contributed by atoms with Crippen LogP contribution in [-0.4, -0.2) is 59.8 Å². The fourth-order valence-electron chi connectivity index (χ4n) is 3.98. The largest absolute Gasteiger partial charge is 0.341 e. The monoisotopic (exact) mass is 410 g/mol. The van der Waals surface area contributed by atoms with E-state index in [2.05, 4.69) is 15.6 Å². The number of amides is 2. The summed E-state index contributed by atoms with van der Waals surface area (Å²) in [5.74, 6) is 0.101. The van der Waals surface area contributed by atoms with Crippen molar-refractivity contribution >= 4 is 23.5 Å². The van der Waals surface area contributed by atoms with E-state index in [9.17, 15) is 9.59 Å². The predicted molar refractivity (Wildman–Crippen MR) is 116 cm³/mol. The molecule has 2 aliphatic heterocycles. The molecular weight excluding hydrogens is 380 g/mol. The van der Waals surface area contributed by atoms with Gasteiger partial charge in [0.25, 0.3) is 0 Å². The predicted octanol–water partition coefficient (Wildman–Crippen LogP) is 2.15. The van der Waals surface area contributed by atoms with E-state index < -0.39 is 6.04 Å². The highest BCUT2D eigenvalue weighted by molar-refractivity contribution is 5.97. The topological polar surface area (TPSA) is 101 Å². The van der Waals surface area contributed by atoms with E-state index in [0.29, 0.717) is 13.0 Å². The van der Waals surface area contributed by atoms with Crippen LogP contribution in [0.2, 0.25) is 0 Å². The maximum absolute atomic E-state index is 13.1. The molecule has 2 aliphatic rings. The Morgan fingerprint density at radius 3 is 2.63 bits per heavy atom. The number of aryl methyl sites for hydroxylation is 2. The Hall–Kier alpha value is -3.08. The maximum atomic E-state index is 13.1. The van der Waals surface area contributed by atoms with Crippen LogP contribution in [-0.2, 0) is 9.59 Å². The fourth-order valence-corrected chi connectivity index (χ4v) is 3.98. The van der Waals surface area contributed by atoms with Crippen molar-refractivity contribution in [1.82, 2.24) is 15.1 Å². The van der Waals surface area contributed by atoms with Gasteiger partial charge in [0.15, 0.2) is 6.19 Å². The van der Waals surface area contributed by atoms with E-state index in [1.165, 1.54) is 0 Å². The molecule has 0 bridgehead atoms. The third-order valence-electron chi connectivity index (χ3n) is 5.63. The minimum Gasteiger partial charge on any atom is -0.341 e. The number of guanidine groups is 1. The highest BCUT2D eigenvalue weighted by Gasteiger charge is 2.30. The number of nitriles is 1. The van der Waals surface area contributed by atoms with Crippen LogP contribution < -0.4 is 10.6 Å². The van der Waals surface area contributed by atoms with Gasteiger partial charge in [-0.1, -0.05) is 17.7 Å². The Kier molecular flexibility index (Phi) is 7.28. The molecule has 2 saturated heterocycles. The average molecular weight is 411 g/mol. The summed E-state index contributed by atoms with van der Waals surface area (Å²) in [5, 5.41) is 14.8. The van der Waals surface area contributed by atoms with Gasteiger partial charge in [-0.2, -0.15) is 5.26 Å². The maximum Gasteiger partial charge on any atom is 0.247 e. The molecule has 2 fully saturated rings. The zero-order valence-electron chi connectivity index (χ0n) is 17.8. The molecule has 160 valence electrons. The summed E-state index contributed by atoms with van der Waals surface area (Å²) in [5.41, 5.74) is 2.98. The number of aliphatic imine (C=N–C) groups is 1. The van der Waals surface area contributed by atoms with Crippen LogP contribution in [0.5, 0.6) is 0 Å². The highest BCUT2D eigenvalue weighted by atomic mass is 16.2. The lowest BCUT2D eigenvalue weighted by Gasteiger charge is -2.25. The molecule has 0 spiro atoms. The Morgan fingerprint density at radius 2 is 1.93 bits per heavy atom. The van der Waals surface area contributed by atoms with Gasteiger partial charge in [0.05, 0.1) is 6.54 Å². The molecule has 1 aromatic rings. The second-order valence-corrected chi connectivity index (χ2v) is 8.02. The molecule has 0 saturated carbocycles. The number of rotatable bonds is 4. The second-order valence-electron chi connectivity index (χ2n) is 8.02. The molecule has 8 heteroatoms. The smallest absolute Gasteiger partial charge is 0.247 e. The first-order valence-corrected chi connectivity index (χ1v) is 10.6. The number of nitrogens with one attached hydrogen (secondary N) is 2. The number of hydrogen-bond acceptors (Lipinski definition) is 4. The van der Waals surface area contributed by atoms with Crippen LogP contribution in [0.3, 0.4) is 0 Å². The first-order valence-electron chi connectivity index (χ1n) is 10.6. The SMILES string of the molecule is Cc1ccc(NC(=NC2CCCCN(CC(=O)N3CCCC3)C2=O)NC#N)c(C)c1. The summed E-state index contributed by atoms with van der Waals surface area (Å²) in [6.07, 6.45) is 6.23. The van der Waals surface area contributed by atoms with E-state index in [-0.39, 0.29) is 24.3 Å². The van der Waals surface area contributed by atoms with Gasteiger partial charge in [-0.05, 0) is 57.6 Å². The molecule has 0 radical (unpaired) electrons. The standard InChI is InChI=1S/C22H30N6O2/c1-16-8-9-18(17(2)13-16)25-22(24-15-23)26-19-7-3-4-12-28(21(19)30)14-20(29)27-10-5-6-11-27/h8-9,13,19H,3-7,10-12,14H2,1-2H3,(H2,24,25,26). The van der Waals surface area contributed by atoms with E-state index in [1.54, 1.807) is 4.90 Å². The van der Waals surface area contributed by atoms with Crippen LogP contribution in [0.25, 0.3) is 0 Å². The number of carbonyl (C=O) groups is 2. The van der Waals surface area contributed by atoms with Gasteiger partial charge in [0, 0.05) is 25.3 Å².